The molecule has 4 aromatic carbocycles. The molecule has 0 amide bonds. The molecular formula is C36H30F2O10. The zero-order valence-electron chi connectivity index (χ0n) is 25.5. The average molecular weight is 661 g/mol. The fraction of sp³-hybridized carbons (Fsp3) is 0.250. The third-order valence-corrected chi connectivity index (χ3v) is 7.30. The van der Waals surface area contributed by atoms with Crippen LogP contribution in [0.3, 0.4) is 0 Å². The van der Waals surface area contributed by atoms with Gasteiger partial charge in [0.2, 0.25) is 0 Å². The maximum Gasteiger partial charge on any atom is 0.343 e. The first kappa shape index (κ1) is 32.9. The van der Waals surface area contributed by atoms with Crippen LogP contribution in [-0.2, 0) is 43.5 Å². The lowest BCUT2D eigenvalue weighted by Crippen LogP contribution is -2.15. The van der Waals surface area contributed by atoms with Gasteiger partial charge in [0.15, 0.2) is 0 Å². The molecule has 0 saturated carbocycles. The highest BCUT2D eigenvalue weighted by molar-refractivity contribution is 5.97. The largest absolute Gasteiger partial charge is 0.457 e. The van der Waals surface area contributed by atoms with E-state index >= 15 is 0 Å². The Morgan fingerprint density at radius 2 is 1.21 bits per heavy atom. The summed E-state index contributed by atoms with van der Waals surface area (Å²) < 4.78 is 66.7. The van der Waals surface area contributed by atoms with Crippen LogP contribution in [0.1, 0.15) is 47.8 Å². The standard InChI is InChI=1S/C36H30F2O10/c37-31-12-23(6-8-25(31)16-42-18-28-20-44-28)34(39)47-27-10-11-33(30(14-27)36(41)46-15-22-4-2-1-3-5-22)48-35(40)24-7-9-26(32(38)13-24)17-43-19-29-21-45-29/h1-14,28-29H,15-21H2. The Labute approximate surface area is 274 Å². The number of benzene rings is 4. The molecule has 4 aromatic rings. The molecule has 2 aliphatic rings. The molecule has 6 rings (SSSR count). The Balaban J connectivity index is 1.16. The van der Waals surface area contributed by atoms with Crippen molar-refractivity contribution in [2.75, 3.05) is 26.4 Å². The van der Waals surface area contributed by atoms with Gasteiger partial charge in [-0.2, -0.15) is 0 Å². The molecule has 2 saturated heterocycles. The van der Waals surface area contributed by atoms with Crippen LogP contribution in [0.25, 0.3) is 0 Å². The maximum atomic E-state index is 14.7. The van der Waals surface area contributed by atoms with E-state index < -0.39 is 29.5 Å². The van der Waals surface area contributed by atoms with Gasteiger partial charge in [-0.1, -0.05) is 42.5 Å². The normalized spacial score (nSPS) is 16.2. The zero-order chi connectivity index (χ0) is 33.5. The molecule has 248 valence electrons. The lowest BCUT2D eigenvalue weighted by Gasteiger charge is -2.13. The minimum Gasteiger partial charge on any atom is -0.457 e. The van der Waals surface area contributed by atoms with Gasteiger partial charge in [-0.05, 0) is 48.0 Å². The van der Waals surface area contributed by atoms with E-state index in [-0.39, 0.29) is 71.3 Å². The topological polar surface area (TPSA) is 122 Å². The number of hydrogen-bond donors (Lipinski definition) is 0. The van der Waals surface area contributed by atoms with Crippen molar-refractivity contribution in [3.8, 4) is 11.5 Å². The number of hydrogen-bond acceptors (Lipinski definition) is 10. The molecular weight excluding hydrogens is 630 g/mol. The zero-order valence-corrected chi connectivity index (χ0v) is 25.5. The quantitative estimate of drug-likeness (QED) is 0.0906. The van der Waals surface area contributed by atoms with Crippen molar-refractivity contribution >= 4 is 17.9 Å². The van der Waals surface area contributed by atoms with E-state index in [4.69, 9.17) is 33.2 Å². The molecule has 0 radical (unpaired) electrons. The summed E-state index contributed by atoms with van der Waals surface area (Å²) in [6.07, 6.45) is 0.0590. The number of rotatable bonds is 15. The second-order valence-corrected chi connectivity index (χ2v) is 11.1. The molecule has 2 fully saturated rings. The van der Waals surface area contributed by atoms with Gasteiger partial charge in [-0.15, -0.1) is 0 Å². The van der Waals surface area contributed by atoms with Gasteiger partial charge in [0.05, 0.1) is 50.8 Å². The van der Waals surface area contributed by atoms with Crippen molar-refractivity contribution in [3.05, 3.63) is 130 Å². The third kappa shape index (κ3) is 9.07. The van der Waals surface area contributed by atoms with Gasteiger partial charge in [0.25, 0.3) is 0 Å². The molecule has 0 N–H and O–H groups in total. The van der Waals surface area contributed by atoms with Crippen molar-refractivity contribution in [3.63, 3.8) is 0 Å². The summed E-state index contributed by atoms with van der Waals surface area (Å²) in [5.41, 5.74) is 0.770. The molecule has 2 aliphatic heterocycles. The molecule has 2 unspecified atom stereocenters. The van der Waals surface area contributed by atoms with Gasteiger partial charge in [0.1, 0.15) is 47.5 Å². The summed E-state index contributed by atoms with van der Waals surface area (Å²) in [5, 5.41) is 0. The first-order chi connectivity index (χ1) is 23.3. The summed E-state index contributed by atoms with van der Waals surface area (Å²) in [4.78, 5) is 39.2. The van der Waals surface area contributed by atoms with Gasteiger partial charge in [0, 0.05) is 11.1 Å². The lowest BCUT2D eigenvalue weighted by molar-refractivity contribution is 0.0465. The van der Waals surface area contributed by atoms with Crippen molar-refractivity contribution in [2.45, 2.75) is 32.0 Å². The number of esters is 3. The maximum absolute atomic E-state index is 14.7. The molecule has 0 aliphatic carbocycles. The Hall–Kier alpha value is -5.01. The van der Waals surface area contributed by atoms with Crippen LogP contribution in [-0.4, -0.2) is 56.5 Å². The van der Waals surface area contributed by atoms with Crippen LogP contribution in [0.15, 0.2) is 84.9 Å². The number of ether oxygens (including phenoxy) is 7. The van der Waals surface area contributed by atoms with Crippen LogP contribution >= 0.6 is 0 Å². The SMILES string of the molecule is O=C(Oc1ccc(OC(=O)c2ccc(COCC3CO3)c(F)c2)c(C(=O)OCc2ccccc2)c1)c1ccc(COCC2CO2)c(F)c1. The average Bonchev–Trinajstić information content (AvgIpc) is 4.03. The van der Waals surface area contributed by atoms with Crippen molar-refractivity contribution < 1.29 is 56.3 Å². The monoisotopic (exact) mass is 660 g/mol. The van der Waals surface area contributed by atoms with Crippen LogP contribution < -0.4 is 9.47 Å². The van der Waals surface area contributed by atoms with E-state index in [1.807, 2.05) is 6.07 Å². The molecule has 0 bridgehead atoms. The minimum atomic E-state index is -0.946. The predicted octanol–water partition coefficient (Wildman–Crippen LogP) is 5.59. The van der Waals surface area contributed by atoms with Gasteiger partial charge in [-0.25, -0.2) is 23.2 Å². The Bertz CT molecular complexity index is 1790. The van der Waals surface area contributed by atoms with Gasteiger partial charge < -0.3 is 33.2 Å². The molecule has 0 aromatic heterocycles. The lowest BCUT2D eigenvalue weighted by atomic mass is 10.1. The van der Waals surface area contributed by atoms with Gasteiger partial charge >= 0.3 is 17.9 Å². The molecule has 48 heavy (non-hydrogen) atoms. The van der Waals surface area contributed by atoms with E-state index in [1.165, 1.54) is 36.4 Å². The van der Waals surface area contributed by atoms with Crippen LogP contribution in [0.5, 0.6) is 11.5 Å². The predicted molar refractivity (Wildman–Crippen MR) is 164 cm³/mol. The Morgan fingerprint density at radius 1 is 0.646 bits per heavy atom. The van der Waals surface area contributed by atoms with Crippen LogP contribution in [0.4, 0.5) is 8.78 Å². The Morgan fingerprint density at radius 3 is 1.75 bits per heavy atom. The summed E-state index contributed by atoms with van der Waals surface area (Å²) >= 11 is 0. The highest BCUT2D eigenvalue weighted by atomic mass is 19.1. The van der Waals surface area contributed by atoms with Crippen LogP contribution in [0, 0.1) is 11.6 Å². The molecule has 12 heteroatoms. The van der Waals surface area contributed by atoms with E-state index in [9.17, 15) is 23.2 Å². The molecule has 2 atom stereocenters. The van der Waals surface area contributed by atoms with Gasteiger partial charge in [-0.3, -0.25) is 0 Å². The smallest absolute Gasteiger partial charge is 0.343 e. The van der Waals surface area contributed by atoms with Crippen molar-refractivity contribution in [1.29, 1.82) is 0 Å². The van der Waals surface area contributed by atoms with E-state index in [1.54, 1.807) is 24.3 Å². The molecule has 10 nitrogen and oxygen atoms in total. The van der Waals surface area contributed by atoms with Crippen molar-refractivity contribution in [2.24, 2.45) is 0 Å². The molecule has 2 heterocycles. The van der Waals surface area contributed by atoms with Crippen molar-refractivity contribution in [1.82, 2.24) is 0 Å². The van der Waals surface area contributed by atoms with E-state index in [0.717, 1.165) is 18.2 Å². The van der Waals surface area contributed by atoms with E-state index in [2.05, 4.69) is 0 Å². The highest BCUT2D eigenvalue weighted by Crippen LogP contribution is 2.28. The second-order valence-electron chi connectivity index (χ2n) is 11.1. The Kier molecular flexibility index (Phi) is 10.5. The fourth-order valence-corrected chi connectivity index (χ4v) is 4.46. The fourth-order valence-electron chi connectivity index (χ4n) is 4.46. The summed E-state index contributed by atoms with van der Waals surface area (Å²) in [6.45, 7) is 1.83. The van der Waals surface area contributed by atoms with Crippen LogP contribution in [0.2, 0.25) is 0 Å². The first-order valence-corrected chi connectivity index (χ1v) is 15.1. The number of epoxide rings is 2. The third-order valence-electron chi connectivity index (χ3n) is 7.30. The second kappa shape index (κ2) is 15.3. The first-order valence-electron chi connectivity index (χ1n) is 15.1. The molecule has 0 spiro atoms. The summed E-state index contributed by atoms with van der Waals surface area (Å²) in [7, 11) is 0. The number of carbonyl (C=O) groups excluding carboxylic acids is 3. The number of halogens is 2. The summed E-state index contributed by atoms with van der Waals surface area (Å²) in [6, 6.07) is 20.2. The number of carbonyl (C=O) groups is 3. The highest BCUT2D eigenvalue weighted by Gasteiger charge is 2.24. The minimum absolute atomic E-state index is 0.0000227. The van der Waals surface area contributed by atoms with E-state index in [0.29, 0.717) is 32.0 Å². The summed E-state index contributed by atoms with van der Waals surface area (Å²) in [5.74, 6) is -4.37.